The maximum Gasteiger partial charge on any atom is 0.222 e. The Morgan fingerprint density at radius 1 is 1.17 bits per heavy atom. The first-order valence-corrected chi connectivity index (χ1v) is 7.57. The summed E-state index contributed by atoms with van der Waals surface area (Å²) < 4.78 is 5.21. The van der Waals surface area contributed by atoms with Crippen molar-refractivity contribution in [3.05, 3.63) is 59.7 Å². The van der Waals surface area contributed by atoms with Crippen molar-refractivity contribution >= 4 is 11.6 Å². The number of amides is 1. The Morgan fingerprint density at radius 2 is 1.91 bits per heavy atom. The quantitative estimate of drug-likeness (QED) is 0.694. The average molecular weight is 313 g/mol. The molecule has 2 rings (SSSR count). The first kappa shape index (κ1) is 16.8. The highest BCUT2D eigenvalue weighted by atomic mass is 16.5. The number of primary amides is 1. The molecule has 5 nitrogen and oxygen atoms in total. The van der Waals surface area contributed by atoms with Crippen LogP contribution in [0.15, 0.2) is 48.5 Å². The molecule has 0 bridgehead atoms. The fourth-order valence-electron chi connectivity index (χ4n) is 2.33. The molecule has 0 saturated heterocycles. The molecule has 122 valence electrons. The molecule has 5 N–H and O–H groups in total. The lowest BCUT2D eigenvalue weighted by atomic mass is 9.99. The van der Waals surface area contributed by atoms with Crippen molar-refractivity contribution in [3.63, 3.8) is 0 Å². The first-order valence-electron chi connectivity index (χ1n) is 7.57. The van der Waals surface area contributed by atoms with Gasteiger partial charge in [-0.2, -0.15) is 0 Å². The van der Waals surface area contributed by atoms with Gasteiger partial charge in [0, 0.05) is 18.8 Å². The van der Waals surface area contributed by atoms with Crippen molar-refractivity contribution in [3.8, 4) is 5.75 Å². The smallest absolute Gasteiger partial charge is 0.222 e. The van der Waals surface area contributed by atoms with Crippen LogP contribution in [0, 0.1) is 5.92 Å². The topological polar surface area (TPSA) is 90.4 Å². The second-order valence-corrected chi connectivity index (χ2v) is 5.44. The second-order valence-electron chi connectivity index (χ2n) is 5.44. The number of anilines is 1. The number of carbonyl (C=O) groups is 1. The van der Waals surface area contributed by atoms with Crippen molar-refractivity contribution in [2.45, 2.75) is 13.0 Å². The minimum atomic E-state index is -0.354. The predicted octanol–water partition coefficient (Wildman–Crippen LogP) is 1.91. The SMILES string of the molecule is COc1cccc(CNc2ccc(CC(CN)C(N)=O)cc2)c1. The van der Waals surface area contributed by atoms with Crippen molar-refractivity contribution in [2.24, 2.45) is 17.4 Å². The summed E-state index contributed by atoms with van der Waals surface area (Å²) in [7, 11) is 1.66. The van der Waals surface area contributed by atoms with E-state index in [1.54, 1.807) is 7.11 Å². The zero-order chi connectivity index (χ0) is 16.7. The maximum atomic E-state index is 11.2. The number of nitrogens with two attached hydrogens (primary N) is 2. The highest BCUT2D eigenvalue weighted by Crippen LogP contribution is 2.16. The zero-order valence-corrected chi connectivity index (χ0v) is 13.3. The molecule has 0 spiro atoms. The third kappa shape index (κ3) is 5.00. The molecule has 1 amide bonds. The zero-order valence-electron chi connectivity index (χ0n) is 13.3. The van der Waals surface area contributed by atoms with E-state index in [1.807, 2.05) is 48.5 Å². The Kier molecular flexibility index (Phi) is 6.00. The van der Waals surface area contributed by atoms with Crippen LogP contribution < -0.4 is 21.5 Å². The van der Waals surface area contributed by atoms with Gasteiger partial charge >= 0.3 is 0 Å². The maximum absolute atomic E-state index is 11.2. The lowest BCUT2D eigenvalue weighted by Crippen LogP contribution is -2.31. The molecule has 0 radical (unpaired) electrons. The van der Waals surface area contributed by atoms with Crippen LogP contribution in [0.5, 0.6) is 5.75 Å². The van der Waals surface area contributed by atoms with Gasteiger partial charge in [-0.1, -0.05) is 24.3 Å². The molecule has 0 aliphatic heterocycles. The van der Waals surface area contributed by atoms with Crippen LogP contribution in [0.3, 0.4) is 0 Å². The Bertz CT molecular complexity index is 641. The lowest BCUT2D eigenvalue weighted by molar-refractivity contribution is -0.121. The largest absolute Gasteiger partial charge is 0.497 e. The molecule has 5 heteroatoms. The fraction of sp³-hybridized carbons (Fsp3) is 0.278. The van der Waals surface area contributed by atoms with E-state index >= 15 is 0 Å². The van der Waals surface area contributed by atoms with E-state index < -0.39 is 0 Å². The fourth-order valence-corrected chi connectivity index (χ4v) is 2.33. The molecule has 0 fully saturated rings. The molecule has 23 heavy (non-hydrogen) atoms. The molecule has 1 atom stereocenters. The summed E-state index contributed by atoms with van der Waals surface area (Å²) in [6.07, 6.45) is 0.571. The summed E-state index contributed by atoms with van der Waals surface area (Å²) in [4.78, 5) is 11.2. The molecule has 0 aliphatic rings. The van der Waals surface area contributed by atoms with Crippen LogP contribution in [0.1, 0.15) is 11.1 Å². The summed E-state index contributed by atoms with van der Waals surface area (Å²) in [5, 5.41) is 3.36. The summed E-state index contributed by atoms with van der Waals surface area (Å²) >= 11 is 0. The Hall–Kier alpha value is -2.53. The Morgan fingerprint density at radius 3 is 2.52 bits per heavy atom. The number of benzene rings is 2. The van der Waals surface area contributed by atoms with E-state index in [0.29, 0.717) is 13.0 Å². The highest BCUT2D eigenvalue weighted by Gasteiger charge is 2.13. The number of nitrogens with one attached hydrogen (secondary N) is 1. The number of carbonyl (C=O) groups excluding carboxylic acids is 1. The molecule has 0 aromatic heterocycles. The van der Waals surface area contributed by atoms with Gasteiger partial charge in [-0.25, -0.2) is 0 Å². The van der Waals surface area contributed by atoms with E-state index in [4.69, 9.17) is 16.2 Å². The normalized spacial score (nSPS) is 11.7. The van der Waals surface area contributed by atoms with E-state index in [2.05, 4.69) is 5.32 Å². The van der Waals surface area contributed by atoms with Crippen LogP contribution in [-0.2, 0) is 17.8 Å². The predicted molar refractivity (Wildman–Crippen MR) is 92.2 cm³/mol. The number of hydrogen-bond acceptors (Lipinski definition) is 4. The van der Waals surface area contributed by atoms with Crippen LogP contribution in [-0.4, -0.2) is 19.6 Å². The Labute approximate surface area is 136 Å². The van der Waals surface area contributed by atoms with E-state index in [-0.39, 0.29) is 18.4 Å². The summed E-state index contributed by atoms with van der Waals surface area (Å²) in [6.45, 7) is 0.981. The van der Waals surface area contributed by atoms with E-state index in [0.717, 1.165) is 22.6 Å². The number of methoxy groups -OCH3 is 1. The molecular weight excluding hydrogens is 290 g/mol. The van der Waals surface area contributed by atoms with Gasteiger partial charge in [-0.3, -0.25) is 4.79 Å². The van der Waals surface area contributed by atoms with E-state index in [1.165, 1.54) is 0 Å². The lowest BCUT2D eigenvalue weighted by Gasteiger charge is -2.12. The summed E-state index contributed by atoms with van der Waals surface area (Å²) in [5.41, 5.74) is 14.1. The summed E-state index contributed by atoms with van der Waals surface area (Å²) in [5.74, 6) is 0.178. The average Bonchev–Trinajstić information content (AvgIpc) is 2.58. The van der Waals surface area contributed by atoms with Gasteiger partial charge < -0.3 is 21.5 Å². The van der Waals surface area contributed by atoms with Gasteiger partial charge in [0.15, 0.2) is 0 Å². The second kappa shape index (κ2) is 8.19. The van der Waals surface area contributed by atoms with Crippen LogP contribution >= 0.6 is 0 Å². The molecule has 0 aliphatic carbocycles. The molecule has 1 unspecified atom stereocenters. The molecular formula is C18H23N3O2. The highest BCUT2D eigenvalue weighted by molar-refractivity contribution is 5.77. The summed E-state index contributed by atoms with van der Waals surface area (Å²) in [6, 6.07) is 15.9. The van der Waals surface area contributed by atoms with Gasteiger partial charge in [0.2, 0.25) is 5.91 Å². The standard InChI is InChI=1S/C18H23N3O2/c1-23-17-4-2-3-14(10-17)12-21-16-7-5-13(6-8-16)9-15(11-19)18(20)22/h2-8,10,15,21H,9,11-12,19H2,1H3,(H2,20,22). The van der Waals surface area contributed by atoms with Crippen molar-refractivity contribution in [2.75, 3.05) is 19.0 Å². The van der Waals surface area contributed by atoms with Gasteiger partial charge in [-0.15, -0.1) is 0 Å². The molecule has 2 aromatic carbocycles. The molecule has 0 saturated carbocycles. The van der Waals surface area contributed by atoms with E-state index in [9.17, 15) is 4.79 Å². The first-order chi connectivity index (χ1) is 11.1. The van der Waals surface area contributed by atoms with Gasteiger partial charge in [0.05, 0.1) is 13.0 Å². The molecule has 2 aromatic rings. The van der Waals surface area contributed by atoms with Gasteiger partial charge in [-0.05, 0) is 41.8 Å². The van der Waals surface area contributed by atoms with Crippen molar-refractivity contribution in [1.82, 2.24) is 0 Å². The third-order valence-electron chi connectivity index (χ3n) is 3.75. The van der Waals surface area contributed by atoms with Crippen molar-refractivity contribution < 1.29 is 9.53 Å². The minimum absolute atomic E-state index is 0.269. The van der Waals surface area contributed by atoms with Crippen LogP contribution in [0.2, 0.25) is 0 Å². The van der Waals surface area contributed by atoms with Crippen molar-refractivity contribution in [1.29, 1.82) is 0 Å². The minimum Gasteiger partial charge on any atom is -0.497 e. The molecule has 0 heterocycles. The number of ether oxygens (including phenoxy) is 1. The number of hydrogen-bond donors (Lipinski definition) is 3. The van der Waals surface area contributed by atoms with Gasteiger partial charge in [0.25, 0.3) is 0 Å². The van der Waals surface area contributed by atoms with Crippen LogP contribution in [0.25, 0.3) is 0 Å². The van der Waals surface area contributed by atoms with Crippen LogP contribution in [0.4, 0.5) is 5.69 Å². The Balaban J connectivity index is 1.93. The monoisotopic (exact) mass is 313 g/mol. The third-order valence-corrected chi connectivity index (χ3v) is 3.75. The number of rotatable bonds is 8. The van der Waals surface area contributed by atoms with Gasteiger partial charge in [0.1, 0.15) is 5.75 Å².